The number of rotatable bonds is 1. The number of hydrogen-bond acceptors (Lipinski definition) is 3. The fourth-order valence-corrected chi connectivity index (χ4v) is 2.56. The van der Waals surface area contributed by atoms with Crippen LogP contribution in [0.4, 0.5) is 5.69 Å². The summed E-state index contributed by atoms with van der Waals surface area (Å²) in [5.74, 6) is 0.108. The number of nitrogens with zero attached hydrogens (tertiary/aromatic N) is 3. The first kappa shape index (κ1) is 12.5. The van der Waals surface area contributed by atoms with E-state index in [9.17, 15) is 4.79 Å². The molecule has 4 nitrogen and oxygen atoms in total. The van der Waals surface area contributed by atoms with Gasteiger partial charge in [0.1, 0.15) is 0 Å². The number of aromatic nitrogens is 1. The van der Waals surface area contributed by atoms with E-state index in [2.05, 4.69) is 9.88 Å². The van der Waals surface area contributed by atoms with Crippen molar-refractivity contribution in [2.45, 2.75) is 6.92 Å². The quantitative estimate of drug-likeness (QED) is 0.786. The second-order valence-electron chi connectivity index (χ2n) is 3.94. The Morgan fingerprint density at radius 2 is 1.71 bits per heavy atom. The second-order valence-corrected chi connectivity index (χ2v) is 4.76. The van der Waals surface area contributed by atoms with Gasteiger partial charge in [-0.1, -0.05) is 23.2 Å². The summed E-state index contributed by atoms with van der Waals surface area (Å²) in [6, 6.07) is 0. The van der Waals surface area contributed by atoms with Crippen LogP contribution in [-0.4, -0.2) is 42.0 Å². The van der Waals surface area contributed by atoms with Gasteiger partial charge in [-0.05, 0) is 0 Å². The van der Waals surface area contributed by atoms with Gasteiger partial charge in [-0.2, -0.15) is 0 Å². The number of piperazine rings is 1. The molecule has 92 valence electrons. The predicted molar refractivity (Wildman–Crippen MR) is 68.7 cm³/mol. The van der Waals surface area contributed by atoms with Gasteiger partial charge < -0.3 is 9.80 Å². The lowest BCUT2D eigenvalue weighted by molar-refractivity contribution is -0.129. The molecule has 6 heteroatoms. The van der Waals surface area contributed by atoms with Crippen molar-refractivity contribution in [3.63, 3.8) is 0 Å². The first-order valence-electron chi connectivity index (χ1n) is 5.39. The van der Waals surface area contributed by atoms with E-state index in [1.54, 1.807) is 19.3 Å². The minimum Gasteiger partial charge on any atom is -0.365 e. The van der Waals surface area contributed by atoms with Gasteiger partial charge in [0.05, 0.1) is 15.7 Å². The average Bonchev–Trinajstić information content (AvgIpc) is 2.29. The fraction of sp³-hybridized carbons (Fsp3) is 0.455. The van der Waals surface area contributed by atoms with Crippen LogP contribution in [0, 0.1) is 0 Å². The van der Waals surface area contributed by atoms with Crippen molar-refractivity contribution in [1.29, 1.82) is 0 Å². The lowest BCUT2D eigenvalue weighted by Crippen LogP contribution is -2.48. The van der Waals surface area contributed by atoms with E-state index in [0.29, 0.717) is 23.1 Å². The highest BCUT2D eigenvalue weighted by atomic mass is 35.5. The van der Waals surface area contributed by atoms with Crippen LogP contribution in [0.5, 0.6) is 0 Å². The van der Waals surface area contributed by atoms with Crippen molar-refractivity contribution < 1.29 is 4.79 Å². The molecule has 1 fully saturated rings. The Balaban J connectivity index is 2.13. The number of halogens is 2. The molecule has 1 aliphatic heterocycles. The van der Waals surface area contributed by atoms with Gasteiger partial charge in [-0.15, -0.1) is 0 Å². The number of pyridine rings is 1. The van der Waals surface area contributed by atoms with Crippen molar-refractivity contribution in [1.82, 2.24) is 9.88 Å². The minimum atomic E-state index is 0.108. The Morgan fingerprint density at radius 3 is 2.18 bits per heavy atom. The Kier molecular flexibility index (Phi) is 3.74. The van der Waals surface area contributed by atoms with E-state index in [1.807, 2.05) is 4.90 Å². The summed E-state index contributed by atoms with van der Waals surface area (Å²) >= 11 is 12.2. The van der Waals surface area contributed by atoms with E-state index in [1.165, 1.54) is 0 Å². The van der Waals surface area contributed by atoms with Crippen LogP contribution in [0.25, 0.3) is 0 Å². The number of hydrogen-bond donors (Lipinski definition) is 0. The van der Waals surface area contributed by atoms with Crippen molar-refractivity contribution in [3.05, 3.63) is 22.4 Å². The Labute approximate surface area is 110 Å². The summed E-state index contributed by atoms with van der Waals surface area (Å²) in [5.41, 5.74) is 0.812. The molecule has 1 aromatic heterocycles. The van der Waals surface area contributed by atoms with Crippen LogP contribution in [0.2, 0.25) is 10.0 Å². The van der Waals surface area contributed by atoms with Crippen molar-refractivity contribution >= 4 is 34.8 Å². The molecule has 0 radical (unpaired) electrons. The Morgan fingerprint density at radius 1 is 1.18 bits per heavy atom. The lowest BCUT2D eigenvalue weighted by atomic mass is 10.2. The fourth-order valence-electron chi connectivity index (χ4n) is 1.95. The molecule has 0 aliphatic carbocycles. The second kappa shape index (κ2) is 5.10. The zero-order valence-corrected chi connectivity index (χ0v) is 11.0. The molecule has 1 aliphatic rings. The number of anilines is 1. The van der Waals surface area contributed by atoms with Crippen LogP contribution in [0.15, 0.2) is 12.4 Å². The van der Waals surface area contributed by atoms with Gasteiger partial charge in [0, 0.05) is 45.5 Å². The summed E-state index contributed by atoms with van der Waals surface area (Å²) in [5, 5.41) is 1.10. The van der Waals surface area contributed by atoms with Gasteiger partial charge in [0.2, 0.25) is 5.91 Å². The van der Waals surface area contributed by atoms with E-state index >= 15 is 0 Å². The monoisotopic (exact) mass is 273 g/mol. The molecule has 0 saturated carbocycles. The summed E-state index contributed by atoms with van der Waals surface area (Å²) < 4.78 is 0. The molecule has 1 amide bonds. The van der Waals surface area contributed by atoms with E-state index in [0.717, 1.165) is 18.8 Å². The molecule has 0 N–H and O–H groups in total. The average molecular weight is 274 g/mol. The molecular weight excluding hydrogens is 261 g/mol. The maximum atomic E-state index is 11.2. The third-order valence-electron chi connectivity index (χ3n) is 2.87. The van der Waals surface area contributed by atoms with Crippen LogP contribution < -0.4 is 4.90 Å². The van der Waals surface area contributed by atoms with Gasteiger partial charge in [0.15, 0.2) is 0 Å². The molecular formula is C11H13Cl2N3O. The smallest absolute Gasteiger partial charge is 0.219 e. The largest absolute Gasteiger partial charge is 0.365 e. The Hall–Kier alpha value is -1.00. The maximum Gasteiger partial charge on any atom is 0.219 e. The van der Waals surface area contributed by atoms with Gasteiger partial charge in [0.25, 0.3) is 0 Å². The first-order chi connectivity index (χ1) is 8.09. The SMILES string of the molecule is CC(=O)N1CCN(c2c(Cl)cncc2Cl)CC1. The lowest BCUT2D eigenvalue weighted by Gasteiger charge is -2.36. The Bertz CT molecular complexity index is 410. The predicted octanol–water partition coefficient (Wildman–Crippen LogP) is 2.06. The summed E-state index contributed by atoms with van der Waals surface area (Å²) in [7, 11) is 0. The van der Waals surface area contributed by atoms with Crippen LogP contribution >= 0.6 is 23.2 Å². The van der Waals surface area contributed by atoms with Crippen molar-refractivity contribution in [2.75, 3.05) is 31.1 Å². The molecule has 1 saturated heterocycles. The van der Waals surface area contributed by atoms with E-state index in [-0.39, 0.29) is 5.91 Å². The standard InChI is InChI=1S/C11H13Cl2N3O/c1-8(17)15-2-4-16(5-3-15)11-9(12)6-14-7-10(11)13/h6-7H,2-5H2,1H3. The van der Waals surface area contributed by atoms with Gasteiger partial charge >= 0.3 is 0 Å². The van der Waals surface area contributed by atoms with E-state index < -0.39 is 0 Å². The summed E-state index contributed by atoms with van der Waals surface area (Å²) in [6.07, 6.45) is 3.17. The summed E-state index contributed by atoms with van der Waals surface area (Å²) in [4.78, 5) is 19.1. The molecule has 2 rings (SSSR count). The van der Waals surface area contributed by atoms with Crippen LogP contribution in [0.1, 0.15) is 6.92 Å². The number of amides is 1. The number of carbonyl (C=O) groups excluding carboxylic acids is 1. The molecule has 0 aromatic carbocycles. The normalized spacial score (nSPS) is 16.2. The van der Waals surface area contributed by atoms with Gasteiger partial charge in [-0.3, -0.25) is 9.78 Å². The van der Waals surface area contributed by atoms with Gasteiger partial charge in [-0.25, -0.2) is 0 Å². The first-order valence-corrected chi connectivity index (χ1v) is 6.14. The maximum absolute atomic E-state index is 11.2. The zero-order chi connectivity index (χ0) is 12.4. The highest BCUT2D eigenvalue weighted by Crippen LogP contribution is 2.32. The molecule has 1 aromatic rings. The zero-order valence-electron chi connectivity index (χ0n) is 9.49. The highest BCUT2D eigenvalue weighted by molar-refractivity contribution is 6.38. The third kappa shape index (κ3) is 2.64. The minimum absolute atomic E-state index is 0.108. The third-order valence-corrected chi connectivity index (χ3v) is 3.42. The van der Waals surface area contributed by atoms with E-state index in [4.69, 9.17) is 23.2 Å². The molecule has 0 bridgehead atoms. The van der Waals surface area contributed by atoms with Crippen LogP contribution in [-0.2, 0) is 4.79 Å². The van der Waals surface area contributed by atoms with Crippen LogP contribution in [0.3, 0.4) is 0 Å². The van der Waals surface area contributed by atoms with Crippen molar-refractivity contribution in [3.8, 4) is 0 Å². The van der Waals surface area contributed by atoms with Crippen molar-refractivity contribution in [2.24, 2.45) is 0 Å². The highest BCUT2D eigenvalue weighted by Gasteiger charge is 2.22. The molecule has 0 unspecified atom stereocenters. The molecule has 0 atom stereocenters. The molecule has 2 heterocycles. The molecule has 0 spiro atoms. The number of carbonyl (C=O) groups is 1. The topological polar surface area (TPSA) is 36.4 Å². The summed E-state index contributed by atoms with van der Waals surface area (Å²) in [6.45, 7) is 4.46. The molecule has 17 heavy (non-hydrogen) atoms.